The standard InChI is InChI=1S/C16H17ClN4O3S/c1-18-12-7-14(21-16-15(12)10(17)8-19-16)20-11-5-4-9(25(3,22)23)6-13(11)24-2/h4-8H,1-3H3,(H3,18,19,20,21). The van der Waals surface area contributed by atoms with E-state index in [9.17, 15) is 8.42 Å². The number of pyridine rings is 1. The summed E-state index contributed by atoms with van der Waals surface area (Å²) in [5, 5.41) is 7.61. The Morgan fingerprint density at radius 3 is 2.64 bits per heavy atom. The second-order valence-corrected chi connectivity index (χ2v) is 7.85. The molecule has 0 aliphatic carbocycles. The van der Waals surface area contributed by atoms with E-state index >= 15 is 0 Å². The number of aromatic nitrogens is 2. The molecule has 3 N–H and O–H groups in total. The van der Waals surface area contributed by atoms with E-state index in [0.29, 0.717) is 27.9 Å². The van der Waals surface area contributed by atoms with Crippen LogP contribution in [-0.4, -0.2) is 38.8 Å². The van der Waals surface area contributed by atoms with Crippen LogP contribution in [0, 0.1) is 0 Å². The third-order valence-electron chi connectivity index (χ3n) is 3.73. The number of nitrogens with one attached hydrogen (secondary N) is 3. The maximum absolute atomic E-state index is 11.7. The predicted octanol–water partition coefficient (Wildman–Crippen LogP) is 3.41. The van der Waals surface area contributed by atoms with Crippen molar-refractivity contribution in [3.8, 4) is 5.75 Å². The molecule has 0 aliphatic rings. The number of rotatable bonds is 5. The average molecular weight is 381 g/mol. The zero-order chi connectivity index (χ0) is 18.2. The Bertz CT molecular complexity index is 1050. The van der Waals surface area contributed by atoms with E-state index in [4.69, 9.17) is 16.3 Å². The van der Waals surface area contributed by atoms with Crippen LogP contribution in [0.3, 0.4) is 0 Å². The van der Waals surface area contributed by atoms with Crippen molar-refractivity contribution in [1.29, 1.82) is 0 Å². The molecule has 3 rings (SSSR count). The summed E-state index contributed by atoms with van der Waals surface area (Å²) in [4.78, 5) is 7.68. The summed E-state index contributed by atoms with van der Waals surface area (Å²) in [5.74, 6) is 0.959. The fourth-order valence-electron chi connectivity index (χ4n) is 2.50. The van der Waals surface area contributed by atoms with Gasteiger partial charge in [-0.05, 0) is 12.1 Å². The molecule has 2 heterocycles. The number of benzene rings is 1. The molecule has 0 amide bonds. The van der Waals surface area contributed by atoms with Crippen LogP contribution >= 0.6 is 11.6 Å². The minimum atomic E-state index is -3.31. The van der Waals surface area contributed by atoms with Gasteiger partial charge in [-0.1, -0.05) is 11.6 Å². The summed E-state index contributed by atoms with van der Waals surface area (Å²) < 4.78 is 28.7. The van der Waals surface area contributed by atoms with Crippen LogP contribution in [0.2, 0.25) is 5.02 Å². The first kappa shape index (κ1) is 17.4. The van der Waals surface area contributed by atoms with E-state index in [0.717, 1.165) is 17.3 Å². The zero-order valence-electron chi connectivity index (χ0n) is 13.8. The molecule has 9 heteroatoms. The first-order valence-electron chi connectivity index (χ1n) is 7.34. The van der Waals surface area contributed by atoms with Crippen molar-refractivity contribution < 1.29 is 13.2 Å². The molecular formula is C16H17ClN4O3S. The van der Waals surface area contributed by atoms with Gasteiger partial charge >= 0.3 is 0 Å². The van der Waals surface area contributed by atoms with Crippen molar-refractivity contribution in [3.63, 3.8) is 0 Å². The molecule has 0 fully saturated rings. The van der Waals surface area contributed by atoms with E-state index in [-0.39, 0.29) is 4.90 Å². The monoisotopic (exact) mass is 380 g/mol. The highest BCUT2D eigenvalue weighted by molar-refractivity contribution is 7.90. The van der Waals surface area contributed by atoms with Crippen molar-refractivity contribution in [1.82, 2.24) is 9.97 Å². The molecule has 0 saturated heterocycles. The van der Waals surface area contributed by atoms with Gasteiger partial charge in [0.25, 0.3) is 0 Å². The molecule has 0 radical (unpaired) electrons. The van der Waals surface area contributed by atoms with E-state index in [2.05, 4.69) is 20.6 Å². The summed E-state index contributed by atoms with van der Waals surface area (Å²) in [5.41, 5.74) is 2.04. The summed E-state index contributed by atoms with van der Waals surface area (Å²) in [6, 6.07) is 6.44. The highest BCUT2D eigenvalue weighted by atomic mass is 35.5. The Balaban J connectivity index is 2.04. The topological polar surface area (TPSA) is 96.1 Å². The van der Waals surface area contributed by atoms with Crippen LogP contribution in [0.5, 0.6) is 5.75 Å². The predicted molar refractivity (Wildman–Crippen MR) is 100 cm³/mol. The maximum atomic E-state index is 11.7. The number of ether oxygens (including phenoxy) is 1. The van der Waals surface area contributed by atoms with Crippen molar-refractivity contribution >= 4 is 49.7 Å². The van der Waals surface area contributed by atoms with Gasteiger partial charge in [0.1, 0.15) is 17.2 Å². The molecule has 2 aromatic heterocycles. The number of fused-ring (bicyclic) bond motifs is 1. The molecular weight excluding hydrogens is 364 g/mol. The number of anilines is 3. The van der Waals surface area contributed by atoms with E-state index in [1.54, 1.807) is 19.3 Å². The molecule has 132 valence electrons. The fraction of sp³-hybridized carbons (Fsp3) is 0.188. The molecule has 0 spiro atoms. The Kier molecular flexibility index (Phi) is 4.49. The summed E-state index contributed by atoms with van der Waals surface area (Å²) in [6.07, 6.45) is 2.82. The average Bonchev–Trinajstić information content (AvgIpc) is 2.94. The minimum Gasteiger partial charge on any atom is -0.495 e. The molecule has 0 unspecified atom stereocenters. The quantitative estimate of drug-likeness (QED) is 0.627. The molecule has 0 atom stereocenters. The van der Waals surface area contributed by atoms with Gasteiger partial charge in [0, 0.05) is 31.6 Å². The number of hydrogen-bond acceptors (Lipinski definition) is 6. The zero-order valence-corrected chi connectivity index (χ0v) is 15.4. The van der Waals surface area contributed by atoms with Gasteiger partial charge in [0.2, 0.25) is 0 Å². The molecule has 3 aromatic rings. The molecule has 7 nitrogen and oxygen atoms in total. The lowest BCUT2D eigenvalue weighted by Gasteiger charge is -2.13. The number of hydrogen-bond donors (Lipinski definition) is 3. The summed E-state index contributed by atoms with van der Waals surface area (Å²) >= 11 is 6.17. The highest BCUT2D eigenvalue weighted by Gasteiger charge is 2.14. The molecule has 0 bridgehead atoms. The van der Waals surface area contributed by atoms with Gasteiger partial charge in [-0.15, -0.1) is 0 Å². The van der Waals surface area contributed by atoms with E-state index in [1.165, 1.54) is 19.2 Å². The first-order valence-corrected chi connectivity index (χ1v) is 9.61. The van der Waals surface area contributed by atoms with Crippen LogP contribution in [0.4, 0.5) is 17.2 Å². The Hall–Kier alpha value is -2.45. The van der Waals surface area contributed by atoms with Crippen molar-refractivity contribution in [3.05, 3.63) is 35.5 Å². The number of aromatic amines is 1. The molecule has 1 aromatic carbocycles. The summed E-state index contributed by atoms with van der Waals surface area (Å²) in [6.45, 7) is 0. The molecule has 0 saturated carbocycles. The Morgan fingerprint density at radius 1 is 1.24 bits per heavy atom. The lowest BCUT2D eigenvalue weighted by atomic mass is 10.2. The van der Waals surface area contributed by atoms with E-state index < -0.39 is 9.84 Å². The second-order valence-electron chi connectivity index (χ2n) is 5.42. The van der Waals surface area contributed by atoms with Gasteiger partial charge in [-0.25, -0.2) is 13.4 Å². The van der Waals surface area contributed by atoms with Gasteiger partial charge in [-0.3, -0.25) is 0 Å². The largest absolute Gasteiger partial charge is 0.495 e. The lowest BCUT2D eigenvalue weighted by molar-refractivity contribution is 0.415. The maximum Gasteiger partial charge on any atom is 0.175 e. The second kappa shape index (κ2) is 6.45. The van der Waals surface area contributed by atoms with Crippen molar-refractivity contribution in [2.45, 2.75) is 4.90 Å². The smallest absolute Gasteiger partial charge is 0.175 e. The van der Waals surface area contributed by atoms with Gasteiger partial charge in [0.15, 0.2) is 9.84 Å². The van der Waals surface area contributed by atoms with Gasteiger partial charge < -0.3 is 20.4 Å². The van der Waals surface area contributed by atoms with Crippen LogP contribution < -0.4 is 15.4 Å². The van der Waals surface area contributed by atoms with Crippen molar-refractivity contribution in [2.24, 2.45) is 0 Å². The third kappa shape index (κ3) is 3.35. The number of sulfone groups is 1. The number of nitrogens with zero attached hydrogens (tertiary/aromatic N) is 1. The molecule has 0 aliphatic heterocycles. The van der Waals surface area contributed by atoms with Crippen LogP contribution in [-0.2, 0) is 9.84 Å². The fourth-order valence-corrected chi connectivity index (χ4v) is 3.38. The SMILES string of the molecule is CNc1cc(Nc2ccc(S(C)(=O)=O)cc2OC)nc2[nH]cc(Cl)c12. The third-order valence-corrected chi connectivity index (χ3v) is 5.14. The van der Waals surface area contributed by atoms with Crippen molar-refractivity contribution in [2.75, 3.05) is 31.0 Å². The van der Waals surface area contributed by atoms with Crippen LogP contribution in [0.25, 0.3) is 11.0 Å². The minimum absolute atomic E-state index is 0.186. The van der Waals surface area contributed by atoms with Gasteiger partial charge in [-0.2, -0.15) is 0 Å². The molecule has 25 heavy (non-hydrogen) atoms. The Morgan fingerprint density at radius 2 is 2.00 bits per heavy atom. The highest BCUT2D eigenvalue weighted by Crippen LogP contribution is 2.34. The Labute approximate surface area is 150 Å². The first-order chi connectivity index (χ1) is 11.8. The number of halogens is 1. The number of H-pyrrole nitrogens is 1. The summed E-state index contributed by atoms with van der Waals surface area (Å²) in [7, 11) is -0.0407. The van der Waals surface area contributed by atoms with E-state index in [1.807, 2.05) is 6.07 Å². The normalized spacial score (nSPS) is 11.5. The van der Waals surface area contributed by atoms with Crippen LogP contribution in [0.15, 0.2) is 35.4 Å². The van der Waals surface area contributed by atoms with Gasteiger partial charge in [0.05, 0.1) is 33.8 Å². The van der Waals surface area contributed by atoms with Crippen LogP contribution in [0.1, 0.15) is 0 Å². The lowest BCUT2D eigenvalue weighted by Crippen LogP contribution is -2.02. The number of methoxy groups -OCH3 is 1.